The topological polar surface area (TPSA) is 8.17 Å². The van der Waals surface area contributed by atoms with E-state index in [2.05, 4.69) is 289 Å². The number of hydrogen-bond acceptors (Lipinski definition) is 1. The summed E-state index contributed by atoms with van der Waals surface area (Å²) in [5.41, 5.74) is 21.1. The number of para-hydroxylation sites is 3. The summed E-state index contributed by atoms with van der Waals surface area (Å²) in [4.78, 5) is 2.39. The molecule has 1 aliphatic carbocycles. The molecule has 69 heavy (non-hydrogen) atoms. The highest BCUT2D eigenvalue weighted by molar-refractivity contribution is 6.11. The maximum Gasteiger partial charge on any atom is 0.0713 e. The third-order valence-corrected chi connectivity index (χ3v) is 14.3. The lowest BCUT2D eigenvalue weighted by atomic mass is 9.68. The number of nitrogens with zero attached hydrogens (tertiary/aromatic N) is 2. The van der Waals surface area contributed by atoms with Gasteiger partial charge in [0.05, 0.1) is 22.1 Å². The van der Waals surface area contributed by atoms with Crippen molar-refractivity contribution in [3.63, 3.8) is 0 Å². The molecule has 2 heteroatoms. The van der Waals surface area contributed by atoms with Gasteiger partial charge in [-0.1, -0.05) is 224 Å². The Morgan fingerprint density at radius 3 is 1.52 bits per heavy atom. The van der Waals surface area contributed by atoms with Crippen molar-refractivity contribution in [1.82, 2.24) is 4.57 Å². The zero-order valence-corrected chi connectivity index (χ0v) is 38.0. The maximum absolute atomic E-state index is 2.48. The van der Waals surface area contributed by atoms with Crippen LogP contribution in [-0.2, 0) is 5.41 Å². The smallest absolute Gasteiger partial charge is 0.0713 e. The molecule has 0 aliphatic heterocycles. The molecule has 0 radical (unpaired) electrons. The van der Waals surface area contributed by atoms with E-state index < -0.39 is 5.41 Å². The van der Waals surface area contributed by atoms with E-state index in [1.807, 2.05) is 0 Å². The fraction of sp³-hybridized carbons (Fsp3) is 0.0149. The van der Waals surface area contributed by atoms with Gasteiger partial charge in [-0.3, -0.25) is 0 Å². The molecule has 0 spiro atoms. The van der Waals surface area contributed by atoms with Gasteiger partial charge in [-0.15, -0.1) is 0 Å². The number of aromatic nitrogens is 1. The van der Waals surface area contributed by atoms with Gasteiger partial charge in [0, 0.05) is 33.4 Å². The average molecular weight is 879 g/mol. The lowest BCUT2D eigenvalue weighted by Gasteiger charge is -2.33. The van der Waals surface area contributed by atoms with E-state index in [9.17, 15) is 0 Å². The molecule has 13 rings (SSSR count). The molecule has 1 aliphatic rings. The van der Waals surface area contributed by atoms with Crippen molar-refractivity contribution < 1.29 is 0 Å². The van der Waals surface area contributed by atoms with Crippen molar-refractivity contribution in [3.8, 4) is 50.2 Å². The van der Waals surface area contributed by atoms with Crippen molar-refractivity contribution >= 4 is 38.9 Å². The molecular formula is C67H46N2. The molecule has 324 valence electrons. The highest BCUT2D eigenvalue weighted by atomic mass is 15.1. The summed E-state index contributed by atoms with van der Waals surface area (Å²) in [5, 5.41) is 2.46. The average Bonchev–Trinajstić information content (AvgIpc) is 3.92. The zero-order valence-electron chi connectivity index (χ0n) is 38.0. The Bertz CT molecular complexity index is 3780. The van der Waals surface area contributed by atoms with Gasteiger partial charge in [-0.25, -0.2) is 0 Å². The van der Waals surface area contributed by atoms with Crippen LogP contribution in [0, 0.1) is 0 Å². The molecule has 0 atom stereocenters. The van der Waals surface area contributed by atoms with E-state index in [1.165, 1.54) is 77.4 Å². The molecule has 1 aromatic heterocycles. The molecule has 11 aromatic carbocycles. The van der Waals surface area contributed by atoms with Crippen LogP contribution in [0.5, 0.6) is 0 Å². The predicted octanol–water partition coefficient (Wildman–Crippen LogP) is 17.6. The first kappa shape index (κ1) is 40.3. The third kappa shape index (κ3) is 6.56. The first-order chi connectivity index (χ1) is 34.3. The second-order valence-corrected chi connectivity index (χ2v) is 18.0. The number of rotatable bonds is 9. The Morgan fingerprint density at radius 2 is 0.797 bits per heavy atom. The zero-order chi connectivity index (χ0) is 45.7. The van der Waals surface area contributed by atoms with Gasteiger partial charge in [0.1, 0.15) is 0 Å². The van der Waals surface area contributed by atoms with E-state index in [0.717, 1.165) is 33.9 Å². The first-order valence-corrected chi connectivity index (χ1v) is 23.8. The van der Waals surface area contributed by atoms with Crippen LogP contribution in [0.25, 0.3) is 72.0 Å². The summed E-state index contributed by atoms with van der Waals surface area (Å²) in [5.74, 6) is 0. The predicted molar refractivity (Wildman–Crippen MR) is 289 cm³/mol. The van der Waals surface area contributed by atoms with E-state index in [4.69, 9.17) is 0 Å². The molecule has 0 bridgehead atoms. The SMILES string of the molecule is c1ccc(-c2ccc(N(c3ccccc3)c3ccccc3-c3ccccc3-c3ccc4c5ccccc5n(-c5ccc6c(c5)-c5ccccc5C6(c5ccccc5)c5ccccc5)c4c3)cc2)cc1. The minimum absolute atomic E-state index is 0.456. The number of hydrogen-bond donors (Lipinski definition) is 0. The van der Waals surface area contributed by atoms with Gasteiger partial charge in [0.2, 0.25) is 0 Å². The first-order valence-electron chi connectivity index (χ1n) is 23.8. The molecule has 1 heterocycles. The summed E-state index contributed by atoms with van der Waals surface area (Å²) < 4.78 is 2.48. The number of fused-ring (bicyclic) bond motifs is 6. The lowest BCUT2D eigenvalue weighted by Crippen LogP contribution is -2.28. The Kier molecular flexibility index (Phi) is 9.77. The van der Waals surface area contributed by atoms with Crippen LogP contribution in [0.3, 0.4) is 0 Å². The van der Waals surface area contributed by atoms with Crippen LogP contribution in [0.1, 0.15) is 22.3 Å². The summed E-state index contributed by atoms with van der Waals surface area (Å²) in [6, 6.07) is 102. The Labute approximate surface area is 403 Å². The Morgan fingerprint density at radius 1 is 0.290 bits per heavy atom. The molecule has 2 nitrogen and oxygen atoms in total. The fourth-order valence-corrected chi connectivity index (χ4v) is 11.3. The van der Waals surface area contributed by atoms with Crippen LogP contribution in [-0.4, -0.2) is 4.57 Å². The second-order valence-electron chi connectivity index (χ2n) is 18.0. The molecule has 12 aromatic rings. The van der Waals surface area contributed by atoms with Gasteiger partial charge >= 0.3 is 0 Å². The van der Waals surface area contributed by atoms with Crippen molar-refractivity contribution in [2.24, 2.45) is 0 Å². The molecule has 0 unspecified atom stereocenters. The molecule has 0 amide bonds. The summed E-state index contributed by atoms with van der Waals surface area (Å²) in [6.45, 7) is 0. The Balaban J connectivity index is 0.974. The minimum Gasteiger partial charge on any atom is -0.310 e. The van der Waals surface area contributed by atoms with E-state index in [1.54, 1.807) is 0 Å². The van der Waals surface area contributed by atoms with Gasteiger partial charge in [0.15, 0.2) is 0 Å². The van der Waals surface area contributed by atoms with Crippen molar-refractivity contribution in [2.75, 3.05) is 4.90 Å². The monoisotopic (exact) mass is 878 g/mol. The van der Waals surface area contributed by atoms with Crippen LogP contribution in [0.4, 0.5) is 17.1 Å². The molecule has 0 N–H and O–H groups in total. The highest BCUT2D eigenvalue weighted by Crippen LogP contribution is 2.56. The van der Waals surface area contributed by atoms with Crippen LogP contribution in [0.15, 0.2) is 279 Å². The Hall–Kier alpha value is -8.98. The van der Waals surface area contributed by atoms with E-state index in [-0.39, 0.29) is 0 Å². The van der Waals surface area contributed by atoms with Gasteiger partial charge in [0.25, 0.3) is 0 Å². The van der Waals surface area contributed by atoms with E-state index in [0.29, 0.717) is 0 Å². The van der Waals surface area contributed by atoms with Crippen molar-refractivity contribution in [1.29, 1.82) is 0 Å². The largest absolute Gasteiger partial charge is 0.310 e. The van der Waals surface area contributed by atoms with Crippen molar-refractivity contribution in [2.45, 2.75) is 5.41 Å². The summed E-state index contributed by atoms with van der Waals surface area (Å²) >= 11 is 0. The normalized spacial score (nSPS) is 12.5. The summed E-state index contributed by atoms with van der Waals surface area (Å²) in [7, 11) is 0. The molecule has 0 fully saturated rings. The molecular weight excluding hydrogens is 833 g/mol. The lowest BCUT2D eigenvalue weighted by molar-refractivity contribution is 0.768. The molecule has 0 saturated heterocycles. The minimum atomic E-state index is -0.456. The van der Waals surface area contributed by atoms with Crippen LogP contribution >= 0.6 is 0 Å². The van der Waals surface area contributed by atoms with E-state index >= 15 is 0 Å². The van der Waals surface area contributed by atoms with Gasteiger partial charge < -0.3 is 9.47 Å². The maximum atomic E-state index is 2.48. The van der Waals surface area contributed by atoms with Crippen LogP contribution < -0.4 is 4.90 Å². The standard InChI is InChI=1S/C67H46N2/c1-5-21-47(22-6-1)48-37-40-53(41-38-48)68(52-27-11-4-12-28-52)64-35-19-16-32-58(64)56-30-14-13-29-55(56)49-39-43-60-59-33-17-20-36-65(59)69(66(60)45-49)54-42-44-63-61(46-54)57-31-15-18-34-62(57)67(63,50-23-7-2-8-24-50)51-25-9-3-10-26-51/h1-46H. The van der Waals surface area contributed by atoms with Crippen molar-refractivity contribution in [3.05, 3.63) is 301 Å². The quantitative estimate of drug-likeness (QED) is 0.140. The van der Waals surface area contributed by atoms with Gasteiger partial charge in [-0.2, -0.15) is 0 Å². The number of benzene rings is 11. The fourth-order valence-electron chi connectivity index (χ4n) is 11.3. The third-order valence-electron chi connectivity index (χ3n) is 14.3. The highest BCUT2D eigenvalue weighted by Gasteiger charge is 2.46. The number of anilines is 3. The van der Waals surface area contributed by atoms with Crippen LogP contribution in [0.2, 0.25) is 0 Å². The second kappa shape index (κ2) is 16.7. The summed E-state index contributed by atoms with van der Waals surface area (Å²) in [6.07, 6.45) is 0. The molecule has 0 saturated carbocycles. The van der Waals surface area contributed by atoms with Gasteiger partial charge in [-0.05, 0) is 116 Å².